The van der Waals surface area contributed by atoms with Gasteiger partial charge in [0.25, 0.3) is 5.69 Å². The minimum atomic E-state index is -0.411. The molecule has 6 nitrogen and oxygen atoms in total. The first-order valence-electron chi connectivity index (χ1n) is 8.50. The van der Waals surface area contributed by atoms with Gasteiger partial charge in [-0.3, -0.25) is 10.1 Å². The lowest BCUT2D eigenvalue weighted by Crippen LogP contribution is -2.08. The number of nitro groups is 1. The maximum atomic E-state index is 14.2. The van der Waals surface area contributed by atoms with Crippen LogP contribution >= 0.6 is 11.8 Å². The van der Waals surface area contributed by atoms with E-state index in [0.29, 0.717) is 34.8 Å². The van der Waals surface area contributed by atoms with E-state index in [4.69, 9.17) is 0 Å². The minimum absolute atomic E-state index is 0.0591. The summed E-state index contributed by atoms with van der Waals surface area (Å²) < 4.78 is 16.1. The van der Waals surface area contributed by atoms with Gasteiger partial charge in [-0.1, -0.05) is 49.9 Å². The second kappa shape index (κ2) is 8.30. The minimum Gasteiger partial charge on any atom is -0.302 e. The standard InChI is InChI=1S/C19H19FN4O2S/c1-13(2)11-23-18(16-8-3-4-9-17(16)20)21-22-19(23)27-12-14-6-5-7-15(10-14)24(25)26/h3-10,13H,11-12H2,1-2H3. The fourth-order valence-corrected chi connectivity index (χ4v) is 3.57. The van der Waals surface area contributed by atoms with Gasteiger partial charge in [-0.05, 0) is 23.6 Å². The lowest BCUT2D eigenvalue weighted by Gasteiger charge is -2.13. The Morgan fingerprint density at radius 3 is 2.67 bits per heavy atom. The van der Waals surface area contributed by atoms with Gasteiger partial charge in [-0.15, -0.1) is 10.2 Å². The number of hydrogen-bond acceptors (Lipinski definition) is 5. The largest absolute Gasteiger partial charge is 0.302 e. The second-order valence-corrected chi connectivity index (χ2v) is 7.45. The molecule has 0 atom stereocenters. The summed E-state index contributed by atoms with van der Waals surface area (Å²) in [6.45, 7) is 4.79. The zero-order valence-corrected chi connectivity index (χ0v) is 15.8. The molecule has 0 bridgehead atoms. The van der Waals surface area contributed by atoms with Crippen LogP contribution in [0.5, 0.6) is 0 Å². The molecular formula is C19H19FN4O2S. The molecule has 0 aliphatic carbocycles. The van der Waals surface area contributed by atoms with Crippen molar-refractivity contribution in [1.82, 2.24) is 14.8 Å². The van der Waals surface area contributed by atoms with Crippen molar-refractivity contribution in [3.63, 3.8) is 0 Å². The number of rotatable bonds is 7. The van der Waals surface area contributed by atoms with Gasteiger partial charge in [-0.25, -0.2) is 4.39 Å². The van der Waals surface area contributed by atoms with Crippen molar-refractivity contribution in [2.45, 2.75) is 31.3 Å². The van der Waals surface area contributed by atoms with Crippen LogP contribution in [0.2, 0.25) is 0 Å². The Hall–Kier alpha value is -2.74. The molecule has 0 saturated heterocycles. The molecule has 0 aliphatic heterocycles. The molecule has 1 aromatic heterocycles. The van der Waals surface area contributed by atoms with Crippen LogP contribution in [-0.4, -0.2) is 19.7 Å². The fraction of sp³-hybridized carbons (Fsp3) is 0.263. The predicted molar refractivity (Wildman–Crippen MR) is 103 cm³/mol. The Labute approximate surface area is 160 Å². The Morgan fingerprint density at radius 2 is 1.96 bits per heavy atom. The van der Waals surface area contributed by atoms with Gasteiger partial charge in [0, 0.05) is 24.4 Å². The van der Waals surface area contributed by atoms with E-state index < -0.39 is 4.92 Å². The van der Waals surface area contributed by atoms with E-state index in [1.165, 1.54) is 23.9 Å². The van der Waals surface area contributed by atoms with Gasteiger partial charge in [0.15, 0.2) is 11.0 Å². The average molecular weight is 386 g/mol. The molecular weight excluding hydrogens is 367 g/mol. The molecule has 8 heteroatoms. The topological polar surface area (TPSA) is 73.8 Å². The highest BCUT2D eigenvalue weighted by Crippen LogP contribution is 2.29. The summed E-state index contributed by atoms with van der Waals surface area (Å²) in [6, 6.07) is 13.0. The Morgan fingerprint density at radius 1 is 1.19 bits per heavy atom. The summed E-state index contributed by atoms with van der Waals surface area (Å²) in [5.41, 5.74) is 1.29. The highest BCUT2D eigenvalue weighted by Gasteiger charge is 2.18. The van der Waals surface area contributed by atoms with Gasteiger partial charge in [0.2, 0.25) is 0 Å². The molecule has 0 spiro atoms. The summed E-state index contributed by atoms with van der Waals surface area (Å²) in [5.74, 6) is 0.979. The summed E-state index contributed by atoms with van der Waals surface area (Å²) in [4.78, 5) is 10.5. The first kappa shape index (κ1) is 19.0. The van der Waals surface area contributed by atoms with Gasteiger partial charge in [0.05, 0.1) is 10.5 Å². The Balaban J connectivity index is 1.88. The van der Waals surface area contributed by atoms with Crippen molar-refractivity contribution in [3.8, 4) is 11.4 Å². The van der Waals surface area contributed by atoms with Crippen molar-refractivity contribution in [2.24, 2.45) is 5.92 Å². The third-order valence-electron chi connectivity index (χ3n) is 3.87. The molecule has 3 aromatic rings. The fourth-order valence-electron chi connectivity index (χ4n) is 2.67. The maximum absolute atomic E-state index is 14.2. The number of hydrogen-bond donors (Lipinski definition) is 0. The number of thioether (sulfide) groups is 1. The quantitative estimate of drug-likeness (QED) is 0.327. The van der Waals surface area contributed by atoms with Crippen LogP contribution in [0.25, 0.3) is 11.4 Å². The maximum Gasteiger partial charge on any atom is 0.269 e. The van der Waals surface area contributed by atoms with Crippen LogP contribution < -0.4 is 0 Å². The lowest BCUT2D eigenvalue weighted by atomic mass is 10.2. The third-order valence-corrected chi connectivity index (χ3v) is 4.91. The molecule has 2 aromatic carbocycles. The molecule has 0 aliphatic rings. The van der Waals surface area contributed by atoms with E-state index in [9.17, 15) is 14.5 Å². The molecule has 0 saturated carbocycles. The first-order valence-corrected chi connectivity index (χ1v) is 9.48. The van der Waals surface area contributed by atoms with E-state index in [0.717, 1.165) is 5.56 Å². The van der Waals surface area contributed by atoms with Gasteiger partial charge >= 0.3 is 0 Å². The molecule has 0 N–H and O–H groups in total. The van der Waals surface area contributed by atoms with Crippen molar-refractivity contribution >= 4 is 17.4 Å². The van der Waals surface area contributed by atoms with Crippen molar-refractivity contribution in [1.29, 1.82) is 0 Å². The number of nitro benzene ring substituents is 1. The van der Waals surface area contributed by atoms with Crippen molar-refractivity contribution in [2.75, 3.05) is 0 Å². The summed E-state index contributed by atoms with van der Waals surface area (Å²) in [6.07, 6.45) is 0. The number of non-ortho nitro benzene ring substituents is 1. The summed E-state index contributed by atoms with van der Waals surface area (Å²) in [7, 11) is 0. The lowest BCUT2D eigenvalue weighted by molar-refractivity contribution is -0.384. The summed E-state index contributed by atoms with van der Waals surface area (Å²) >= 11 is 1.43. The number of aromatic nitrogens is 3. The second-order valence-electron chi connectivity index (χ2n) is 6.51. The van der Waals surface area contributed by atoms with Crippen molar-refractivity contribution < 1.29 is 9.31 Å². The number of halogens is 1. The van der Waals surface area contributed by atoms with Crippen LogP contribution in [0.3, 0.4) is 0 Å². The Kier molecular flexibility index (Phi) is 5.85. The number of benzene rings is 2. The Bertz CT molecular complexity index is 958. The van der Waals surface area contributed by atoms with Gasteiger partial charge < -0.3 is 4.57 Å². The zero-order valence-electron chi connectivity index (χ0n) is 15.0. The van der Waals surface area contributed by atoms with E-state index >= 15 is 0 Å². The van der Waals surface area contributed by atoms with Crippen LogP contribution in [0.1, 0.15) is 19.4 Å². The molecule has 27 heavy (non-hydrogen) atoms. The van der Waals surface area contributed by atoms with E-state index in [1.807, 2.05) is 10.6 Å². The SMILES string of the molecule is CC(C)Cn1c(SCc2cccc([N+](=O)[O-])c2)nnc1-c1ccccc1F. The van der Waals surface area contributed by atoms with Crippen LogP contribution in [0.4, 0.5) is 10.1 Å². The summed E-state index contributed by atoms with van der Waals surface area (Å²) in [5, 5.41) is 20.0. The average Bonchev–Trinajstić information content (AvgIpc) is 3.02. The predicted octanol–water partition coefficient (Wildman–Crippen LogP) is 4.94. The van der Waals surface area contributed by atoms with Crippen LogP contribution in [-0.2, 0) is 12.3 Å². The van der Waals surface area contributed by atoms with E-state index in [1.54, 1.807) is 30.3 Å². The van der Waals surface area contributed by atoms with E-state index in [-0.39, 0.29) is 11.5 Å². The smallest absolute Gasteiger partial charge is 0.269 e. The number of nitrogens with zero attached hydrogens (tertiary/aromatic N) is 4. The van der Waals surface area contributed by atoms with E-state index in [2.05, 4.69) is 24.0 Å². The molecule has 0 fully saturated rings. The van der Waals surface area contributed by atoms with Crippen molar-refractivity contribution in [3.05, 3.63) is 70.0 Å². The molecule has 0 unspecified atom stereocenters. The zero-order chi connectivity index (χ0) is 19.4. The molecule has 1 heterocycles. The van der Waals surface area contributed by atoms with Gasteiger partial charge in [-0.2, -0.15) is 0 Å². The van der Waals surface area contributed by atoms with Crippen LogP contribution in [0, 0.1) is 21.8 Å². The molecule has 140 valence electrons. The highest BCUT2D eigenvalue weighted by molar-refractivity contribution is 7.98. The molecule has 0 amide bonds. The molecule has 3 rings (SSSR count). The monoisotopic (exact) mass is 386 g/mol. The van der Waals surface area contributed by atoms with Gasteiger partial charge in [0.1, 0.15) is 5.82 Å². The first-order chi connectivity index (χ1) is 13.0. The third kappa shape index (κ3) is 4.51. The highest BCUT2D eigenvalue weighted by atomic mass is 32.2. The molecule has 0 radical (unpaired) electrons. The van der Waals surface area contributed by atoms with Crippen LogP contribution in [0.15, 0.2) is 53.7 Å². The normalized spacial score (nSPS) is 11.1.